The molecule has 4 nitrogen and oxygen atoms in total. The molecule has 0 aliphatic heterocycles. The lowest BCUT2D eigenvalue weighted by molar-refractivity contribution is 0.0683. The molecule has 0 radical (unpaired) electrons. The van der Waals surface area contributed by atoms with Crippen molar-refractivity contribution in [2.24, 2.45) is 0 Å². The summed E-state index contributed by atoms with van der Waals surface area (Å²) in [7, 11) is 6.47. The largest absolute Gasteiger partial charge is 0.384 e. The van der Waals surface area contributed by atoms with E-state index in [1.807, 2.05) is 12.1 Å². The van der Waals surface area contributed by atoms with Crippen LogP contribution < -0.4 is 10.6 Å². The van der Waals surface area contributed by atoms with Crippen LogP contribution in [0.5, 0.6) is 0 Å². The lowest BCUT2D eigenvalue weighted by Crippen LogP contribution is -2.56. The fourth-order valence-corrected chi connectivity index (χ4v) is 2.54. The highest BCUT2D eigenvalue weighted by molar-refractivity contribution is 5.51. The van der Waals surface area contributed by atoms with Crippen LogP contribution in [-0.4, -0.2) is 43.1 Å². The molecule has 1 saturated carbocycles. The van der Waals surface area contributed by atoms with E-state index < -0.39 is 0 Å². The summed E-state index contributed by atoms with van der Waals surface area (Å²) in [6.45, 7) is 1.05. The van der Waals surface area contributed by atoms with Gasteiger partial charge in [-0.3, -0.25) is 0 Å². The fraction of sp³-hybridized carbons (Fsp3) is 0.615. The maximum absolute atomic E-state index is 5.72. The Hall–Kier alpha value is -1.29. The molecule has 1 aromatic rings. The number of aromatic nitrogens is 1. The lowest BCUT2D eigenvalue weighted by Gasteiger charge is -2.49. The van der Waals surface area contributed by atoms with E-state index in [2.05, 4.69) is 35.9 Å². The maximum atomic E-state index is 5.72. The van der Waals surface area contributed by atoms with Gasteiger partial charge in [0, 0.05) is 37.1 Å². The zero-order valence-electron chi connectivity index (χ0n) is 11.0. The number of hydrogen-bond acceptors (Lipinski definition) is 4. The van der Waals surface area contributed by atoms with Gasteiger partial charge in [0.1, 0.15) is 5.82 Å². The molecule has 0 atom stereocenters. The zero-order chi connectivity index (χ0) is 12.5. The molecule has 0 spiro atoms. The van der Waals surface area contributed by atoms with Gasteiger partial charge in [0.2, 0.25) is 0 Å². The van der Waals surface area contributed by atoms with Crippen LogP contribution in [0.3, 0.4) is 0 Å². The molecule has 17 heavy (non-hydrogen) atoms. The molecule has 0 unspecified atom stereocenters. The number of nitrogens with two attached hydrogens (primary N) is 1. The van der Waals surface area contributed by atoms with Crippen molar-refractivity contribution in [1.82, 2.24) is 9.88 Å². The van der Waals surface area contributed by atoms with E-state index in [4.69, 9.17) is 5.73 Å². The standard InChI is InChI=1S/C13H22N4/c1-16(2)13(6-4-7-13)10-17(3)11-5-8-15-12(14)9-11/h5,8-9H,4,6-7,10H2,1-3H3,(H2,14,15). The summed E-state index contributed by atoms with van der Waals surface area (Å²) in [6, 6.07) is 3.94. The van der Waals surface area contributed by atoms with Crippen LogP contribution in [-0.2, 0) is 0 Å². The second kappa shape index (κ2) is 4.53. The van der Waals surface area contributed by atoms with Crippen LogP contribution >= 0.6 is 0 Å². The van der Waals surface area contributed by atoms with Gasteiger partial charge in [0.05, 0.1) is 0 Å². The third-order valence-corrected chi connectivity index (χ3v) is 3.97. The Morgan fingerprint density at radius 1 is 1.35 bits per heavy atom. The number of nitrogen functional groups attached to an aromatic ring is 1. The molecule has 2 N–H and O–H groups in total. The number of pyridine rings is 1. The van der Waals surface area contributed by atoms with Crippen molar-refractivity contribution in [2.45, 2.75) is 24.8 Å². The second-order valence-corrected chi connectivity index (χ2v) is 5.27. The topological polar surface area (TPSA) is 45.4 Å². The zero-order valence-corrected chi connectivity index (χ0v) is 11.0. The van der Waals surface area contributed by atoms with Crippen molar-refractivity contribution in [3.8, 4) is 0 Å². The molecule has 1 aliphatic rings. The first-order valence-electron chi connectivity index (χ1n) is 6.14. The minimum absolute atomic E-state index is 0.340. The average molecular weight is 234 g/mol. The van der Waals surface area contributed by atoms with Gasteiger partial charge in [0.15, 0.2) is 0 Å². The predicted molar refractivity (Wildman–Crippen MR) is 72.2 cm³/mol. The Bertz CT molecular complexity index is 385. The summed E-state index contributed by atoms with van der Waals surface area (Å²) in [5.74, 6) is 0.585. The van der Waals surface area contributed by atoms with Gasteiger partial charge >= 0.3 is 0 Å². The summed E-state index contributed by atoms with van der Waals surface area (Å²) in [5.41, 5.74) is 7.20. The summed E-state index contributed by atoms with van der Waals surface area (Å²) >= 11 is 0. The van der Waals surface area contributed by atoms with E-state index >= 15 is 0 Å². The molecule has 0 saturated heterocycles. The molecular formula is C13H22N4. The number of rotatable bonds is 4. The summed E-state index contributed by atoms with van der Waals surface area (Å²) in [4.78, 5) is 8.66. The van der Waals surface area contributed by atoms with Crippen LogP contribution in [0, 0.1) is 0 Å². The first kappa shape index (κ1) is 12.2. The second-order valence-electron chi connectivity index (χ2n) is 5.27. The smallest absolute Gasteiger partial charge is 0.125 e. The predicted octanol–water partition coefficient (Wildman–Crippen LogP) is 1.58. The lowest BCUT2D eigenvalue weighted by atomic mass is 9.75. The van der Waals surface area contributed by atoms with E-state index in [1.165, 1.54) is 19.3 Å². The van der Waals surface area contributed by atoms with E-state index in [-0.39, 0.29) is 0 Å². The Morgan fingerprint density at radius 2 is 2.06 bits per heavy atom. The van der Waals surface area contributed by atoms with Crippen LogP contribution in [0.1, 0.15) is 19.3 Å². The van der Waals surface area contributed by atoms with Crippen LogP contribution in [0.4, 0.5) is 11.5 Å². The number of hydrogen-bond donors (Lipinski definition) is 1. The highest BCUT2D eigenvalue weighted by Crippen LogP contribution is 2.37. The molecule has 2 rings (SSSR count). The Balaban J connectivity index is 2.08. The van der Waals surface area contributed by atoms with Gasteiger partial charge in [-0.25, -0.2) is 4.98 Å². The number of anilines is 2. The molecule has 0 amide bonds. The summed E-state index contributed by atoms with van der Waals surface area (Å²) < 4.78 is 0. The van der Waals surface area contributed by atoms with Crippen molar-refractivity contribution in [1.29, 1.82) is 0 Å². The molecule has 0 bridgehead atoms. The van der Waals surface area contributed by atoms with E-state index in [0.29, 0.717) is 11.4 Å². The molecule has 1 aliphatic carbocycles. The molecule has 1 aromatic heterocycles. The number of nitrogens with zero attached hydrogens (tertiary/aromatic N) is 3. The van der Waals surface area contributed by atoms with Gasteiger partial charge < -0.3 is 15.5 Å². The molecule has 1 fully saturated rings. The van der Waals surface area contributed by atoms with Crippen molar-refractivity contribution < 1.29 is 0 Å². The van der Waals surface area contributed by atoms with Crippen LogP contribution in [0.2, 0.25) is 0 Å². The minimum atomic E-state index is 0.340. The molecule has 4 heteroatoms. The minimum Gasteiger partial charge on any atom is -0.384 e. The molecule has 94 valence electrons. The monoisotopic (exact) mass is 234 g/mol. The van der Waals surface area contributed by atoms with Crippen molar-refractivity contribution in [2.75, 3.05) is 38.3 Å². The highest BCUT2D eigenvalue weighted by atomic mass is 15.2. The van der Waals surface area contributed by atoms with E-state index in [0.717, 1.165) is 12.2 Å². The quantitative estimate of drug-likeness (QED) is 0.859. The van der Waals surface area contributed by atoms with Crippen LogP contribution in [0.25, 0.3) is 0 Å². The van der Waals surface area contributed by atoms with Gasteiger partial charge in [-0.05, 0) is 39.4 Å². The normalized spacial score (nSPS) is 17.9. The summed E-state index contributed by atoms with van der Waals surface area (Å²) in [5, 5.41) is 0. The number of likely N-dealkylation sites (N-methyl/N-ethyl adjacent to an activating group) is 2. The SMILES string of the molecule is CN(CC1(N(C)C)CCC1)c1ccnc(N)c1. The maximum Gasteiger partial charge on any atom is 0.125 e. The third-order valence-electron chi connectivity index (χ3n) is 3.97. The fourth-order valence-electron chi connectivity index (χ4n) is 2.54. The average Bonchev–Trinajstić information content (AvgIpc) is 2.22. The Morgan fingerprint density at radius 3 is 2.53 bits per heavy atom. The first-order chi connectivity index (χ1) is 8.03. The Kier molecular flexibility index (Phi) is 3.24. The summed E-state index contributed by atoms with van der Waals surface area (Å²) in [6.07, 6.45) is 5.67. The van der Waals surface area contributed by atoms with Crippen molar-refractivity contribution in [3.63, 3.8) is 0 Å². The van der Waals surface area contributed by atoms with Gasteiger partial charge in [-0.15, -0.1) is 0 Å². The van der Waals surface area contributed by atoms with Gasteiger partial charge in [-0.2, -0.15) is 0 Å². The van der Waals surface area contributed by atoms with Crippen molar-refractivity contribution >= 4 is 11.5 Å². The van der Waals surface area contributed by atoms with Crippen LogP contribution in [0.15, 0.2) is 18.3 Å². The third kappa shape index (κ3) is 2.36. The van der Waals surface area contributed by atoms with E-state index in [9.17, 15) is 0 Å². The molecular weight excluding hydrogens is 212 g/mol. The Labute approximate surface area is 103 Å². The first-order valence-corrected chi connectivity index (χ1v) is 6.14. The van der Waals surface area contributed by atoms with Crippen molar-refractivity contribution in [3.05, 3.63) is 18.3 Å². The molecule has 0 aromatic carbocycles. The van der Waals surface area contributed by atoms with E-state index in [1.54, 1.807) is 6.20 Å². The van der Waals surface area contributed by atoms with Gasteiger partial charge in [-0.1, -0.05) is 0 Å². The highest BCUT2D eigenvalue weighted by Gasteiger charge is 2.39. The van der Waals surface area contributed by atoms with Gasteiger partial charge in [0.25, 0.3) is 0 Å². The molecule has 1 heterocycles.